The second kappa shape index (κ2) is 31.3. The first-order valence-corrected chi connectivity index (χ1v) is 26.2. The van der Waals surface area contributed by atoms with Crippen LogP contribution in [0.4, 0.5) is 16.2 Å². The van der Waals surface area contributed by atoms with E-state index in [0.717, 1.165) is 47.8 Å². The van der Waals surface area contributed by atoms with Gasteiger partial charge in [-0.05, 0) is 114 Å². The zero-order valence-corrected chi connectivity index (χ0v) is 45.9. The molecule has 5 unspecified atom stereocenters. The molecule has 0 spiro atoms. The number of fused-ring (bicyclic) bond motifs is 1. The van der Waals surface area contributed by atoms with Gasteiger partial charge in [0.25, 0.3) is 5.91 Å². The Kier molecular flexibility index (Phi) is 24.7. The maximum atomic E-state index is 13.7. The van der Waals surface area contributed by atoms with Crippen molar-refractivity contribution in [3.05, 3.63) is 150 Å². The summed E-state index contributed by atoms with van der Waals surface area (Å²) < 4.78 is 11.4. The second-order valence-corrected chi connectivity index (χ2v) is 19.7. The molecule has 1 saturated heterocycles. The van der Waals surface area contributed by atoms with Crippen molar-refractivity contribution in [2.24, 2.45) is 17.6 Å². The van der Waals surface area contributed by atoms with Crippen LogP contribution in [-0.4, -0.2) is 93.5 Å². The molecule has 0 aromatic heterocycles. The summed E-state index contributed by atoms with van der Waals surface area (Å²) in [7, 11) is 0. The number of ether oxygens (including phenoxy) is 2. The number of anilines is 2. The number of aliphatic hydroxyl groups excluding tert-OH is 2. The molecule has 22 heteroatoms. The number of nitrogens with two attached hydrogens (primary N) is 1. The van der Waals surface area contributed by atoms with Crippen LogP contribution >= 0.6 is 0 Å². The molecule has 4 aromatic rings. The molecule has 426 valence electrons. The van der Waals surface area contributed by atoms with Gasteiger partial charge in [-0.3, -0.25) is 39.4 Å². The van der Waals surface area contributed by atoms with E-state index < -0.39 is 41.9 Å². The normalized spacial score (nSPS) is 17.8. The summed E-state index contributed by atoms with van der Waals surface area (Å²) in [5.74, 6) is -1.74. The molecular weight excluding hydrogens is 1070 g/mol. The number of benzene rings is 4. The van der Waals surface area contributed by atoms with Crippen LogP contribution in [0.1, 0.15) is 103 Å². The monoisotopic (exact) mass is 1140 g/mol. The molecule has 7 rings (SSSR count). The van der Waals surface area contributed by atoms with Gasteiger partial charge in [0, 0.05) is 49.4 Å². The van der Waals surface area contributed by atoms with Crippen molar-refractivity contribution in [1.82, 2.24) is 31.5 Å². The fourth-order valence-corrected chi connectivity index (χ4v) is 9.02. The van der Waals surface area contributed by atoms with E-state index in [1.54, 1.807) is 60.7 Å². The van der Waals surface area contributed by atoms with Crippen molar-refractivity contribution < 1.29 is 75.1 Å². The molecule has 5 atom stereocenters. The van der Waals surface area contributed by atoms with Crippen molar-refractivity contribution in [3.63, 3.8) is 0 Å². The van der Waals surface area contributed by atoms with Gasteiger partial charge in [-0.25, -0.2) is 4.79 Å². The third-order valence-corrected chi connectivity index (χ3v) is 13.5. The standard InChI is InChI=1S/C54H66N9O10.C4H4O2.Mn/c1-4-5-6-7-45(64)60-47(33(2)3)49(67)62-54(27-39(54)24-25-55)51(69)58-40-15-12-36(13-16-40)32-73-53(71)57-28-34-8-10-35(11-9-34)31-72-42-19-17-41(18-20-42)59-52(70)56-29-37-14-21-43-38(26-37)30-63(50(43)68)44-22-23-46(65)61-48(44)66;5-3-1-2-4-6;/h8-21,26,33,39,44,47,52,56,59,70H,1,4-7,22-25,27-32,55H2,2-3H3,(H,57,71)(H,58,69)(H,60,64)(H,62,67)(H,61,65,66);1-3,5H;/q-1;-2;+3/b;2-1-;. The Morgan fingerprint density at radius 1 is 0.925 bits per heavy atom. The Morgan fingerprint density at radius 3 is 2.25 bits per heavy atom. The predicted octanol–water partition coefficient (Wildman–Crippen LogP) is 4.81. The van der Waals surface area contributed by atoms with Gasteiger partial charge in [0.2, 0.25) is 29.5 Å². The Morgan fingerprint density at radius 2 is 1.60 bits per heavy atom. The molecule has 0 radical (unpaired) electrons. The van der Waals surface area contributed by atoms with Crippen LogP contribution in [0.25, 0.3) is 0 Å². The quantitative estimate of drug-likeness (QED) is 0.00957. The number of piperidine rings is 1. The topological polar surface area (TPSA) is 309 Å². The Hall–Kier alpha value is -7.59. The summed E-state index contributed by atoms with van der Waals surface area (Å²) in [6.45, 7) is 9.74. The number of carbonyl (C=O) groups excluding carboxylic acids is 8. The molecule has 1 aliphatic carbocycles. The number of nitrogens with one attached hydrogen (secondary N) is 7. The van der Waals surface area contributed by atoms with Crippen molar-refractivity contribution in [2.45, 2.75) is 122 Å². The summed E-state index contributed by atoms with van der Waals surface area (Å²) in [6.07, 6.45) is 6.02. The molecule has 11 N–H and O–H groups in total. The molecule has 3 aliphatic rings. The van der Waals surface area contributed by atoms with Gasteiger partial charge in [-0.2, -0.15) is 13.0 Å². The molecule has 7 amide bonds. The average Bonchev–Trinajstić information content (AvgIpc) is 4.10. The smallest absolute Gasteiger partial charge is 0.489 e. The molecule has 80 heavy (non-hydrogen) atoms. The van der Waals surface area contributed by atoms with E-state index in [2.05, 4.69) is 44.1 Å². The SMILES string of the molecule is O=[C-]/C=C\[CH-]O.[CH2-]CCCCC(=O)NC(C(=O)NC1(C(=O)Nc2ccc(COC(=O)NCc3ccc(COc4ccc(NC(O)NCc5ccc6c(c5)CN(C5CCC(=O)NC5=O)C6=O)cc4)cc3)cc2)CC1CCN)C(C)C.[Mn+3]. The van der Waals surface area contributed by atoms with E-state index in [-0.39, 0.29) is 78.7 Å². The molecule has 2 aliphatic heterocycles. The Bertz CT molecular complexity index is 2780. The van der Waals surface area contributed by atoms with Crippen LogP contribution in [0.2, 0.25) is 0 Å². The number of aliphatic hydroxyl groups is 2. The summed E-state index contributed by atoms with van der Waals surface area (Å²) >= 11 is 0. The van der Waals surface area contributed by atoms with Crippen molar-refractivity contribution in [2.75, 3.05) is 17.2 Å². The first-order chi connectivity index (χ1) is 38.0. The van der Waals surface area contributed by atoms with E-state index in [1.165, 1.54) is 17.3 Å². The number of nitrogens with zero attached hydrogens (tertiary/aromatic N) is 1. The largest absolute Gasteiger partial charge is 3.00 e. The Labute approximate surface area is 476 Å². The van der Waals surface area contributed by atoms with Crippen molar-refractivity contribution in [3.8, 4) is 5.75 Å². The molecule has 21 nitrogen and oxygen atoms in total. The summed E-state index contributed by atoms with van der Waals surface area (Å²) in [5.41, 5.74) is 10.5. The van der Waals surface area contributed by atoms with Gasteiger partial charge < -0.3 is 80.8 Å². The van der Waals surface area contributed by atoms with E-state index in [1.807, 2.05) is 44.2 Å². The number of amides is 7. The fourth-order valence-electron chi connectivity index (χ4n) is 9.02. The van der Waals surface area contributed by atoms with Crippen LogP contribution in [-0.2, 0) is 83.4 Å². The third kappa shape index (κ3) is 18.5. The number of allylic oxidation sites excluding steroid dienone is 1. The maximum absolute atomic E-state index is 13.7. The fraction of sp³-hybridized carbons (Fsp3) is 0.379. The van der Waals surface area contributed by atoms with Crippen LogP contribution < -0.4 is 47.7 Å². The number of unbranched alkanes of at least 4 members (excludes halogenated alkanes) is 2. The van der Waals surface area contributed by atoms with Gasteiger partial charge in [0.15, 0.2) is 6.35 Å². The zero-order valence-electron chi connectivity index (χ0n) is 44.8. The van der Waals surface area contributed by atoms with Gasteiger partial charge in [0.1, 0.15) is 36.6 Å². The van der Waals surface area contributed by atoms with Crippen LogP contribution in [0.5, 0.6) is 5.75 Å². The summed E-state index contributed by atoms with van der Waals surface area (Å²) in [6, 6.07) is 25.5. The molecule has 1 saturated carbocycles. The minimum absolute atomic E-state index is 0. The van der Waals surface area contributed by atoms with Crippen molar-refractivity contribution in [1.29, 1.82) is 0 Å². The van der Waals surface area contributed by atoms with Gasteiger partial charge in [-0.1, -0.05) is 68.8 Å². The van der Waals surface area contributed by atoms with Gasteiger partial charge in [0.05, 0.1) is 0 Å². The van der Waals surface area contributed by atoms with E-state index >= 15 is 0 Å². The van der Waals surface area contributed by atoms with E-state index in [4.69, 9.17) is 20.3 Å². The van der Waals surface area contributed by atoms with Crippen LogP contribution in [0.15, 0.2) is 103 Å². The molecular formula is C58H70MnN9O12. The second-order valence-electron chi connectivity index (χ2n) is 19.7. The van der Waals surface area contributed by atoms with Gasteiger partial charge >= 0.3 is 23.2 Å². The van der Waals surface area contributed by atoms with Crippen molar-refractivity contribution >= 4 is 59.2 Å². The molecule has 2 heterocycles. The number of hydrogen-bond acceptors (Lipinski definition) is 15. The number of alkyl carbamates (subject to hydrolysis) is 1. The number of hydrogen-bond donors (Lipinski definition) is 10. The number of carbonyl (C=O) groups is 7. The minimum atomic E-state index is -1.15. The maximum Gasteiger partial charge on any atom is 3.00 e. The minimum Gasteiger partial charge on any atom is -0.489 e. The summed E-state index contributed by atoms with van der Waals surface area (Å²) in [4.78, 5) is 100.0. The number of imide groups is 1. The predicted molar refractivity (Wildman–Crippen MR) is 293 cm³/mol. The molecule has 0 bridgehead atoms. The van der Waals surface area contributed by atoms with Crippen LogP contribution in [0, 0.1) is 25.4 Å². The molecule has 2 fully saturated rings. The average molecular weight is 1140 g/mol. The number of rotatable bonds is 27. The Balaban J connectivity index is 0.00000159. The van der Waals surface area contributed by atoms with E-state index in [0.29, 0.717) is 80.1 Å². The summed E-state index contributed by atoms with van der Waals surface area (Å²) in [5, 5.41) is 38.2. The van der Waals surface area contributed by atoms with Crippen LogP contribution in [0.3, 0.4) is 0 Å². The first-order valence-electron chi connectivity index (χ1n) is 26.2. The third-order valence-electron chi connectivity index (χ3n) is 13.5. The molecule has 4 aromatic carbocycles. The zero-order chi connectivity index (χ0) is 56.9. The van der Waals surface area contributed by atoms with E-state index in [9.17, 15) is 43.5 Å². The van der Waals surface area contributed by atoms with Gasteiger partial charge in [-0.15, -0.1) is 6.29 Å². The first kappa shape index (κ1) is 63.2.